The van der Waals surface area contributed by atoms with E-state index in [0.29, 0.717) is 22.1 Å². The predicted octanol–water partition coefficient (Wildman–Crippen LogP) is 3.64. The molecule has 0 amide bonds. The fraction of sp³-hybridized carbons (Fsp3) is 0.0714. The van der Waals surface area contributed by atoms with Gasteiger partial charge in [-0.2, -0.15) is 4.68 Å². The molecule has 0 atom stereocenters. The van der Waals surface area contributed by atoms with Crippen molar-refractivity contribution in [2.24, 2.45) is 0 Å². The average molecular weight is 365 g/mol. The van der Waals surface area contributed by atoms with Crippen LogP contribution in [0.3, 0.4) is 0 Å². The molecule has 0 saturated heterocycles. The van der Waals surface area contributed by atoms with Gasteiger partial charge in [0.1, 0.15) is 0 Å². The van der Waals surface area contributed by atoms with Gasteiger partial charge in [-0.25, -0.2) is 0 Å². The predicted molar refractivity (Wildman–Crippen MR) is 86.4 cm³/mol. The fourth-order valence-electron chi connectivity index (χ4n) is 2.06. The van der Waals surface area contributed by atoms with Crippen molar-refractivity contribution in [3.8, 4) is 17.1 Å². The van der Waals surface area contributed by atoms with E-state index in [1.54, 1.807) is 10.7 Å². The van der Waals surface area contributed by atoms with E-state index < -0.39 is 0 Å². The van der Waals surface area contributed by atoms with Crippen molar-refractivity contribution in [3.05, 3.63) is 51.5 Å². The van der Waals surface area contributed by atoms with Gasteiger partial charge in [-0.1, -0.05) is 39.7 Å². The van der Waals surface area contributed by atoms with Crippen molar-refractivity contribution in [3.63, 3.8) is 0 Å². The van der Waals surface area contributed by atoms with Gasteiger partial charge in [-0.15, -0.1) is 5.10 Å². The van der Waals surface area contributed by atoms with E-state index in [2.05, 4.69) is 31.5 Å². The standard InChI is InChI=1S/C14H11BrClN5/c1-8-5-6-9(15)7-12(8)21-14(18-19-20-21)10-3-2-4-11(16)13(10)17/h2-7H,17H2,1H3. The lowest BCUT2D eigenvalue weighted by molar-refractivity contribution is 0.787. The summed E-state index contributed by atoms with van der Waals surface area (Å²) in [5, 5.41) is 12.4. The highest BCUT2D eigenvalue weighted by molar-refractivity contribution is 9.10. The first-order chi connectivity index (χ1) is 10.1. The van der Waals surface area contributed by atoms with Crippen molar-refractivity contribution >= 4 is 33.2 Å². The minimum atomic E-state index is 0.461. The zero-order valence-corrected chi connectivity index (χ0v) is 13.4. The van der Waals surface area contributed by atoms with Gasteiger partial charge in [0, 0.05) is 10.0 Å². The maximum atomic E-state index is 6.08. The van der Waals surface area contributed by atoms with Crippen molar-refractivity contribution in [2.75, 3.05) is 5.73 Å². The Bertz CT molecular complexity index is 798. The second kappa shape index (κ2) is 5.46. The Morgan fingerprint density at radius 3 is 2.86 bits per heavy atom. The van der Waals surface area contributed by atoms with E-state index in [1.807, 2.05) is 37.3 Å². The topological polar surface area (TPSA) is 69.6 Å². The van der Waals surface area contributed by atoms with Crippen LogP contribution in [0.1, 0.15) is 5.56 Å². The van der Waals surface area contributed by atoms with Crippen LogP contribution >= 0.6 is 27.5 Å². The summed E-state index contributed by atoms with van der Waals surface area (Å²) in [6.07, 6.45) is 0. The molecule has 0 radical (unpaired) electrons. The van der Waals surface area contributed by atoms with E-state index >= 15 is 0 Å². The highest BCUT2D eigenvalue weighted by Gasteiger charge is 2.16. The van der Waals surface area contributed by atoms with E-state index in [9.17, 15) is 0 Å². The van der Waals surface area contributed by atoms with E-state index in [4.69, 9.17) is 17.3 Å². The van der Waals surface area contributed by atoms with Crippen molar-refractivity contribution in [2.45, 2.75) is 6.92 Å². The Morgan fingerprint density at radius 1 is 1.24 bits per heavy atom. The van der Waals surface area contributed by atoms with Gasteiger partial charge >= 0.3 is 0 Å². The number of nitrogens with two attached hydrogens (primary N) is 1. The summed E-state index contributed by atoms with van der Waals surface area (Å²) in [5.74, 6) is 0.552. The number of anilines is 1. The normalized spacial score (nSPS) is 10.8. The number of para-hydroxylation sites is 1. The largest absolute Gasteiger partial charge is 0.397 e. The van der Waals surface area contributed by atoms with Crippen LogP contribution in [0.25, 0.3) is 17.1 Å². The monoisotopic (exact) mass is 363 g/mol. The molecule has 7 heteroatoms. The smallest absolute Gasteiger partial charge is 0.189 e. The maximum absolute atomic E-state index is 6.08. The Morgan fingerprint density at radius 2 is 2.05 bits per heavy atom. The molecule has 0 saturated carbocycles. The number of benzene rings is 2. The molecular weight excluding hydrogens is 354 g/mol. The quantitative estimate of drug-likeness (QED) is 0.705. The molecule has 0 aliphatic carbocycles. The van der Waals surface area contributed by atoms with Gasteiger partial charge in [0.2, 0.25) is 0 Å². The van der Waals surface area contributed by atoms with Gasteiger partial charge in [0.15, 0.2) is 5.82 Å². The zero-order valence-electron chi connectivity index (χ0n) is 11.1. The lowest BCUT2D eigenvalue weighted by atomic mass is 10.1. The molecule has 1 heterocycles. The Labute approximate surface area is 134 Å². The lowest BCUT2D eigenvalue weighted by Gasteiger charge is -2.10. The minimum absolute atomic E-state index is 0.461. The third-order valence-electron chi connectivity index (χ3n) is 3.16. The van der Waals surface area contributed by atoms with Crippen molar-refractivity contribution in [1.29, 1.82) is 0 Å². The van der Waals surface area contributed by atoms with Crippen LogP contribution in [0.4, 0.5) is 5.69 Å². The molecule has 3 aromatic rings. The molecule has 2 aromatic carbocycles. The molecule has 0 fully saturated rings. The molecule has 3 rings (SSSR count). The Kier molecular flexibility index (Phi) is 3.65. The summed E-state index contributed by atoms with van der Waals surface area (Å²) in [5.41, 5.74) is 9.13. The first-order valence-electron chi connectivity index (χ1n) is 6.17. The lowest BCUT2D eigenvalue weighted by Crippen LogP contribution is -2.03. The SMILES string of the molecule is Cc1ccc(Br)cc1-n1nnnc1-c1cccc(Cl)c1N. The number of aryl methyl sites for hydroxylation is 1. The molecule has 0 aliphatic rings. The molecule has 21 heavy (non-hydrogen) atoms. The zero-order chi connectivity index (χ0) is 15.0. The molecule has 0 bridgehead atoms. The van der Waals surface area contributed by atoms with Gasteiger partial charge in [0.05, 0.1) is 16.4 Å². The van der Waals surface area contributed by atoms with Gasteiger partial charge in [0.25, 0.3) is 0 Å². The van der Waals surface area contributed by atoms with Crippen molar-refractivity contribution in [1.82, 2.24) is 20.2 Å². The molecule has 5 nitrogen and oxygen atoms in total. The summed E-state index contributed by atoms with van der Waals surface area (Å²) in [4.78, 5) is 0. The third-order valence-corrected chi connectivity index (χ3v) is 3.99. The molecule has 0 aliphatic heterocycles. The van der Waals surface area contributed by atoms with Gasteiger partial charge in [-0.05, 0) is 47.2 Å². The summed E-state index contributed by atoms with van der Waals surface area (Å²) in [7, 11) is 0. The molecule has 2 N–H and O–H groups in total. The van der Waals surface area contributed by atoms with Crippen LogP contribution in [-0.2, 0) is 0 Å². The maximum Gasteiger partial charge on any atom is 0.189 e. The number of aromatic nitrogens is 4. The first kappa shape index (κ1) is 14.0. The summed E-state index contributed by atoms with van der Waals surface area (Å²) in [6.45, 7) is 1.99. The molecule has 0 spiro atoms. The van der Waals surface area contributed by atoms with E-state index in [-0.39, 0.29) is 0 Å². The van der Waals surface area contributed by atoms with Crippen LogP contribution in [0.15, 0.2) is 40.9 Å². The number of halogens is 2. The van der Waals surface area contributed by atoms with Crippen LogP contribution < -0.4 is 5.73 Å². The van der Waals surface area contributed by atoms with Gasteiger partial charge in [-0.3, -0.25) is 0 Å². The van der Waals surface area contributed by atoms with Crippen molar-refractivity contribution < 1.29 is 0 Å². The highest BCUT2D eigenvalue weighted by atomic mass is 79.9. The van der Waals surface area contributed by atoms with Gasteiger partial charge < -0.3 is 5.73 Å². The molecule has 106 valence electrons. The highest BCUT2D eigenvalue weighted by Crippen LogP contribution is 2.31. The van der Waals surface area contributed by atoms with Crippen LogP contribution in [0.5, 0.6) is 0 Å². The number of hydrogen-bond donors (Lipinski definition) is 1. The van der Waals surface area contributed by atoms with E-state index in [1.165, 1.54) is 0 Å². The number of nitrogens with zero attached hydrogens (tertiary/aromatic N) is 4. The molecular formula is C14H11BrClN5. The number of tetrazole rings is 1. The fourth-order valence-corrected chi connectivity index (χ4v) is 2.58. The Hall–Kier alpha value is -1.92. The van der Waals surface area contributed by atoms with Crippen LogP contribution in [0, 0.1) is 6.92 Å². The van der Waals surface area contributed by atoms with Crippen LogP contribution in [-0.4, -0.2) is 20.2 Å². The number of rotatable bonds is 2. The second-order valence-electron chi connectivity index (χ2n) is 4.55. The number of hydrogen-bond acceptors (Lipinski definition) is 4. The minimum Gasteiger partial charge on any atom is -0.397 e. The van der Waals surface area contributed by atoms with E-state index in [0.717, 1.165) is 15.7 Å². The summed E-state index contributed by atoms with van der Waals surface area (Å²) in [6, 6.07) is 11.3. The third kappa shape index (κ3) is 2.52. The molecule has 0 unspecified atom stereocenters. The summed E-state index contributed by atoms with van der Waals surface area (Å²) >= 11 is 9.54. The average Bonchev–Trinajstić information content (AvgIpc) is 2.93. The Balaban J connectivity index is 2.22. The molecule has 1 aromatic heterocycles. The number of nitrogen functional groups attached to an aromatic ring is 1. The second-order valence-corrected chi connectivity index (χ2v) is 5.87. The van der Waals surface area contributed by atoms with Crippen LogP contribution in [0.2, 0.25) is 5.02 Å². The first-order valence-corrected chi connectivity index (χ1v) is 7.34. The summed E-state index contributed by atoms with van der Waals surface area (Å²) < 4.78 is 2.60.